The summed E-state index contributed by atoms with van der Waals surface area (Å²) in [6, 6.07) is 10.3. The van der Waals surface area contributed by atoms with Crippen LogP contribution in [-0.4, -0.2) is 47.7 Å². The highest BCUT2D eigenvalue weighted by Gasteiger charge is 2.27. The summed E-state index contributed by atoms with van der Waals surface area (Å²) in [7, 11) is 1.48. The molecule has 8 heteroatoms. The maximum atomic E-state index is 15.9. The highest BCUT2D eigenvalue weighted by molar-refractivity contribution is 5.92. The standard InChI is InChI=1S/C24H25FN6O/c1-32-24-29-22-19(23(30-24)31-12-11-27-16(14-31)9-10-26)13-28-21(20(22)25)18-8-3-2-7-17(18)15-5-4-6-15/h2-3,7-8,13,15-16,27H,4-6,9,11-12,14H2,1H3. The summed E-state index contributed by atoms with van der Waals surface area (Å²) in [6.45, 7) is 1.99. The molecule has 1 saturated heterocycles. The topological polar surface area (TPSA) is 87.0 Å². The molecule has 1 unspecified atom stereocenters. The van der Waals surface area contributed by atoms with Crippen LogP contribution in [0.1, 0.15) is 37.2 Å². The Morgan fingerprint density at radius 2 is 2.12 bits per heavy atom. The van der Waals surface area contributed by atoms with Crippen molar-refractivity contribution in [3.8, 4) is 23.3 Å². The number of pyridine rings is 1. The zero-order chi connectivity index (χ0) is 22.1. The molecule has 164 valence electrons. The van der Waals surface area contributed by atoms with Gasteiger partial charge in [-0.15, -0.1) is 0 Å². The van der Waals surface area contributed by atoms with E-state index >= 15 is 4.39 Å². The molecule has 5 rings (SSSR count). The van der Waals surface area contributed by atoms with Gasteiger partial charge in [0.25, 0.3) is 0 Å². The quantitative estimate of drug-likeness (QED) is 0.656. The molecule has 1 saturated carbocycles. The van der Waals surface area contributed by atoms with Crippen LogP contribution in [0.3, 0.4) is 0 Å². The Morgan fingerprint density at radius 1 is 1.28 bits per heavy atom. The second kappa shape index (κ2) is 8.67. The Labute approximate surface area is 186 Å². The molecule has 1 aliphatic carbocycles. The Balaban J connectivity index is 1.62. The van der Waals surface area contributed by atoms with Crippen molar-refractivity contribution >= 4 is 16.7 Å². The highest BCUT2D eigenvalue weighted by atomic mass is 19.1. The van der Waals surface area contributed by atoms with E-state index in [4.69, 9.17) is 10.00 Å². The lowest BCUT2D eigenvalue weighted by Crippen LogP contribution is -2.51. The molecule has 1 N–H and O–H groups in total. The molecule has 0 spiro atoms. The van der Waals surface area contributed by atoms with Crippen LogP contribution in [0.15, 0.2) is 30.5 Å². The summed E-state index contributed by atoms with van der Waals surface area (Å²) >= 11 is 0. The molecule has 3 aromatic rings. The first-order valence-electron chi connectivity index (χ1n) is 11.0. The van der Waals surface area contributed by atoms with Gasteiger partial charge in [-0.1, -0.05) is 30.7 Å². The fourth-order valence-corrected chi connectivity index (χ4v) is 4.59. The van der Waals surface area contributed by atoms with Crippen LogP contribution >= 0.6 is 0 Å². The summed E-state index contributed by atoms with van der Waals surface area (Å²) in [4.78, 5) is 15.5. The predicted molar refractivity (Wildman–Crippen MR) is 120 cm³/mol. The molecule has 3 heterocycles. The third-order valence-corrected chi connectivity index (χ3v) is 6.48. The molecular weight excluding hydrogens is 407 g/mol. The number of halogens is 1. The lowest BCUT2D eigenvalue weighted by molar-refractivity contribution is 0.380. The summed E-state index contributed by atoms with van der Waals surface area (Å²) in [5.41, 5.74) is 2.49. The minimum Gasteiger partial charge on any atom is -0.467 e. The van der Waals surface area contributed by atoms with Gasteiger partial charge in [0.2, 0.25) is 0 Å². The van der Waals surface area contributed by atoms with Crippen LogP contribution in [-0.2, 0) is 0 Å². The average molecular weight is 433 g/mol. The number of benzene rings is 1. The number of nitriles is 1. The van der Waals surface area contributed by atoms with Gasteiger partial charge in [-0.05, 0) is 24.3 Å². The third-order valence-electron chi connectivity index (χ3n) is 6.48. The van der Waals surface area contributed by atoms with Gasteiger partial charge in [-0.25, -0.2) is 4.39 Å². The van der Waals surface area contributed by atoms with Crippen molar-refractivity contribution in [2.45, 2.75) is 37.6 Å². The number of rotatable bonds is 5. The van der Waals surface area contributed by atoms with Crippen molar-refractivity contribution in [3.63, 3.8) is 0 Å². The molecule has 1 atom stereocenters. The molecule has 1 aromatic carbocycles. The highest BCUT2D eigenvalue weighted by Crippen LogP contribution is 2.42. The van der Waals surface area contributed by atoms with Crippen molar-refractivity contribution in [3.05, 3.63) is 41.8 Å². The van der Waals surface area contributed by atoms with E-state index < -0.39 is 5.82 Å². The number of aromatic nitrogens is 3. The van der Waals surface area contributed by atoms with Gasteiger partial charge in [-0.2, -0.15) is 15.2 Å². The first-order chi connectivity index (χ1) is 15.7. The van der Waals surface area contributed by atoms with E-state index in [0.29, 0.717) is 48.9 Å². The number of ether oxygens (including phenoxy) is 1. The molecule has 2 aromatic heterocycles. The van der Waals surface area contributed by atoms with Gasteiger partial charge in [0.15, 0.2) is 5.82 Å². The zero-order valence-electron chi connectivity index (χ0n) is 18.0. The van der Waals surface area contributed by atoms with E-state index in [-0.39, 0.29) is 17.6 Å². The maximum absolute atomic E-state index is 15.9. The SMILES string of the molecule is COc1nc(N2CCNC(CC#N)C2)c2cnc(-c3ccccc3C3CCC3)c(F)c2n1. The predicted octanol–water partition coefficient (Wildman–Crippen LogP) is 3.80. The van der Waals surface area contributed by atoms with Gasteiger partial charge in [0, 0.05) is 37.4 Å². The van der Waals surface area contributed by atoms with Gasteiger partial charge in [0.05, 0.1) is 25.0 Å². The van der Waals surface area contributed by atoms with Crippen molar-refractivity contribution in [1.29, 1.82) is 5.26 Å². The second-order valence-corrected chi connectivity index (χ2v) is 8.39. The fraction of sp³-hybridized carbons (Fsp3) is 0.417. The largest absolute Gasteiger partial charge is 0.467 e. The normalized spacial score (nSPS) is 18.9. The summed E-state index contributed by atoms with van der Waals surface area (Å²) in [5.74, 6) is 0.581. The molecule has 0 radical (unpaired) electrons. The number of nitrogens with zero attached hydrogens (tertiary/aromatic N) is 5. The Hall–Kier alpha value is -3.31. The van der Waals surface area contributed by atoms with Gasteiger partial charge in [0.1, 0.15) is 17.0 Å². The number of hydrogen-bond donors (Lipinski definition) is 1. The minimum absolute atomic E-state index is 0.0243. The Kier molecular flexibility index (Phi) is 5.58. The monoisotopic (exact) mass is 432 g/mol. The Bertz CT molecular complexity index is 1190. The van der Waals surface area contributed by atoms with Crippen molar-refractivity contribution < 1.29 is 9.13 Å². The van der Waals surface area contributed by atoms with Crippen molar-refractivity contribution in [2.75, 3.05) is 31.6 Å². The molecule has 7 nitrogen and oxygen atoms in total. The first kappa shape index (κ1) is 20.6. The maximum Gasteiger partial charge on any atom is 0.318 e. The van der Waals surface area contributed by atoms with Crippen LogP contribution in [0.25, 0.3) is 22.2 Å². The van der Waals surface area contributed by atoms with E-state index in [1.807, 2.05) is 23.1 Å². The third kappa shape index (κ3) is 3.63. The van der Waals surface area contributed by atoms with E-state index in [0.717, 1.165) is 24.0 Å². The molecule has 0 bridgehead atoms. The fourth-order valence-electron chi connectivity index (χ4n) is 4.59. The van der Waals surface area contributed by atoms with E-state index in [1.165, 1.54) is 13.5 Å². The number of methoxy groups -OCH3 is 1. The summed E-state index contributed by atoms with van der Waals surface area (Å²) in [5, 5.41) is 13.0. The molecule has 1 aliphatic heterocycles. The number of piperazine rings is 1. The van der Waals surface area contributed by atoms with Crippen LogP contribution in [0.5, 0.6) is 6.01 Å². The Morgan fingerprint density at radius 3 is 2.88 bits per heavy atom. The van der Waals surface area contributed by atoms with Gasteiger partial charge >= 0.3 is 6.01 Å². The lowest BCUT2D eigenvalue weighted by atomic mass is 9.77. The second-order valence-electron chi connectivity index (χ2n) is 8.39. The van der Waals surface area contributed by atoms with Crippen LogP contribution in [0.4, 0.5) is 10.2 Å². The van der Waals surface area contributed by atoms with Crippen LogP contribution in [0, 0.1) is 17.1 Å². The van der Waals surface area contributed by atoms with E-state index in [2.05, 4.69) is 32.4 Å². The van der Waals surface area contributed by atoms with Crippen LogP contribution in [0.2, 0.25) is 0 Å². The minimum atomic E-state index is -0.458. The summed E-state index contributed by atoms with van der Waals surface area (Å²) in [6.07, 6.45) is 5.52. The molecule has 2 fully saturated rings. The molecule has 32 heavy (non-hydrogen) atoms. The smallest absolute Gasteiger partial charge is 0.318 e. The molecular formula is C24H25FN6O. The number of hydrogen-bond acceptors (Lipinski definition) is 7. The zero-order valence-corrected chi connectivity index (χ0v) is 18.0. The first-order valence-corrected chi connectivity index (χ1v) is 11.0. The van der Waals surface area contributed by atoms with Gasteiger partial charge < -0.3 is 15.0 Å². The van der Waals surface area contributed by atoms with Crippen LogP contribution < -0.4 is 15.0 Å². The van der Waals surface area contributed by atoms with E-state index in [9.17, 15) is 0 Å². The van der Waals surface area contributed by atoms with Gasteiger partial charge in [-0.3, -0.25) is 4.98 Å². The average Bonchev–Trinajstić information content (AvgIpc) is 2.79. The summed E-state index contributed by atoms with van der Waals surface area (Å²) < 4.78 is 21.2. The molecule has 2 aliphatic rings. The number of fused-ring (bicyclic) bond motifs is 1. The number of anilines is 1. The van der Waals surface area contributed by atoms with E-state index in [1.54, 1.807) is 6.20 Å². The van der Waals surface area contributed by atoms with Crippen molar-refractivity contribution in [1.82, 2.24) is 20.3 Å². The lowest BCUT2D eigenvalue weighted by Gasteiger charge is -2.34. The van der Waals surface area contributed by atoms with Crippen molar-refractivity contribution in [2.24, 2.45) is 0 Å². The molecule has 0 amide bonds. The number of nitrogens with one attached hydrogen (secondary N) is 1.